The van der Waals surface area contributed by atoms with Crippen LogP contribution in [0.2, 0.25) is 0 Å². The number of hydrogen-bond acceptors (Lipinski definition) is 7. The molecule has 4 rings (SSSR count). The Morgan fingerprint density at radius 1 is 1.26 bits per heavy atom. The molecule has 0 aliphatic carbocycles. The van der Waals surface area contributed by atoms with Gasteiger partial charge in [-0.2, -0.15) is 4.98 Å². The Balaban J connectivity index is 1.31. The highest BCUT2D eigenvalue weighted by Crippen LogP contribution is 2.24. The molecule has 0 saturated carbocycles. The molecular formula is C20H21N3O3S. The molecule has 2 aromatic heterocycles. The Kier molecular flexibility index (Phi) is 5.60. The molecule has 0 radical (unpaired) electrons. The number of aromatic nitrogens is 2. The number of carbonyl (C=O) groups is 1. The normalized spacial score (nSPS) is 17.7. The van der Waals surface area contributed by atoms with Gasteiger partial charge < -0.3 is 9.26 Å². The van der Waals surface area contributed by atoms with Crippen molar-refractivity contribution in [1.29, 1.82) is 0 Å². The first kappa shape index (κ1) is 17.9. The van der Waals surface area contributed by atoms with Gasteiger partial charge in [-0.05, 0) is 43.0 Å². The summed E-state index contributed by atoms with van der Waals surface area (Å²) in [6, 6.07) is 13.4. The molecular weight excluding hydrogens is 362 g/mol. The summed E-state index contributed by atoms with van der Waals surface area (Å²) in [7, 11) is 0. The van der Waals surface area contributed by atoms with Crippen molar-refractivity contribution >= 4 is 17.1 Å². The highest BCUT2D eigenvalue weighted by atomic mass is 32.1. The summed E-state index contributed by atoms with van der Waals surface area (Å²) in [6.45, 7) is 2.50. The van der Waals surface area contributed by atoms with E-state index >= 15 is 0 Å². The van der Waals surface area contributed by atoms with Crippen molar-refractivity contribution in [3.05, 3.63) is 64.4 Å². The maximum absolute atomic E-state index is 12.6. The molecule has 1 atom stereocenters. The molecule has 3 heterocycles. The molecule has 27 heavy (non-hydrogen) atoms. The molecule has 140 valence electrons. The van der Waals surface area contributed by atoms with E-state index in [-0.39, 0.29) is 18.3 Å². The van der Waals surface area contributed by atoms with Crippen LogP contribution >= 0.6 is 11.3 Å². The van der Waals surface area contributed by atoms with Gasteiger partial charge in [0.15, 0.2) is 12.4 Å². The molecule has 1 unspecified atom stereocenters. The SMILES string of the molecule is O=C(c1cccs1)C1CCCN(Cc2nc(COc3ccccc3)no2)C1. The van der Waals surface area contributed by atoms with Gasteiger partial charge in [-0.15, -0.1) is 11.3 Å². The highest BCUT2D eigenvalue weighted by Gasteiger charge is 2.28. The average Bonchev–Trinajstić information content (AvgIpc) is 3.39. The van der Waals surface area contributed by atoms with Gasteiger partial charge >= 0.3 is 0 Å². The maximum atomic E-state index is 12.6. The topological polar surface area (TPSA) is 68.5 Å². The fraction of sp³-hybridized carbons (Fsp3) is 0.350. The number of benzene rings is 1. The number of piperidine rings is 1. The van der Waals surface area contributed by atoms with E-state index < -0.39 is 0 Å². The Labute approximate surface area is 161 Å². The zero-order valence-corrected chi connectivity index (χ0v) is 15.7. The minimum absolute atomic E-state index is 0.0428. The predicted molar refractivity (Wildman–Crippen MR) is 102 cm³/mol. The van der Waals surface area contributed by atoms with Crippen LogP contribution in [0.25, 0.3) is 0 Å². The van der Waals surface area contributed by atoms with E-state index in [1.165, 1.54) is 11.3 Å². The quantitative estimate of drug-likeness (QED) is 0.578. The second-order valence-electron chi connectivity index (χ2n) is 6.62. The number of carbonyl (C=O) groups excluding carboxylic acids is 1. The van der Waals surface area contributed by atoms with E-state index in [1.54, 1.807) is 0 Å². The predicted octanol–water partition coefficient (Wildman–Crippen LogP) is 3.81. The molecule has 3 aromatic rings. The van der Waals surface area contributed by atoms with Crippen LogP contribution in [-0.4, -0.2) is 33.9 Å². The van der Waals surface area contributed by atoms with Crippen molar-refractivity contribution in [3.8, 4) is 5.75 Å². The number of nitrogens with zero attached hydrogens (tertiary/aromatic N) is 3. The lowest BCUT2D eigenvalue weighted by Crippen LogP contribution is -2.38. The molecule has 0 N–H and O–H groups in total. The Hall–Kier alpha value is -2.51. The van der Waals surface area contributed by atoms with Crippen molar-refractivity contribution in [2.75, 3.05) is 13.1 Å². The summed E-state index contributed by atoms with van der Waals surface area (Å²) in [6.07, 6.45) is 1.94. The molecule has 0 bridgehead atoms. The number of likely N-dealkylation sites (tertiary alicyclic amines) is 1. The summed E-state index contributed by atoms with van der Waals surface area (Å²) in [4.78, 5) is 20.1. The number of ketones is 1. The molecule has 1 fully saturated rings. The van der Waals surface area contributed by atoms with Crippen LogP contribution < -0.4 is 4.74 Å². The molecule has 1 aromatic carbocycles. The number of ether oxygens (including phenoxy) is 1. The van der Waals surface area contributed by atoms with Crippen molar-refractivity contribution in [1.82, 2.24) is 15.0 Å². The zero-order valence-electron chi connectivity index (χ0n) is 14.9. The minimum Gasteiger partial charge on any atom is -0.485 e. The van der Waals surface area contributed by atoms with Gasteiger partial charge in [0.1, 0.15) is 5.75 Å². The summed E-state index contributed by atoms with van der Waals surface area (Å²) in [5.41, 5.74) is 0. The monoisotopic (exact) mass is 383 g/mol. The van der Waals surface area contributed by atoms with Crippen LogP contribution in [0.4, 0.5) is 0 Å². The third kappa shape index (κ3) is 4.61. The lowest BCUT2D eigenvalue weighted by Gasteiger charge is -2.30. The van der Waals surface area contributed by atoms with E-state index in [1.807, 2.05) is 47.8 Å². The van der Waals surface area contributed by atoms with Crippen LogP contribution in [-0.2, 0) is 13.2 Å². The standard InChI is InChI=1S/C20H21N3O3S/c24-20(17-9-5-11-27-17)15-6-4-10-23(12-15)13-19-21-18(22-26-19)14-25-16-7-2-1-3-8-16/h1-3,5,7-9,11,15H,4,6,10,12-14H2. The van der Waals surface area contributed by atoms with Gasteiger partial charge in [0, 0.05) is 12.5 Å². The van der Waals surface area contributed by atoms with Gasteiger partial charge in [-0.3, -0.25) is 9.69 Å². The first-order chi connectivity index (χ1) is 13.3. The number of rotatable bonds is 7. The lowest BCUT2D eigenvalue weighted by molar-refractivity contribution is 0.0801. The fourth-order valence-electron chi connectivity index (χ4n) is 3.30. The lowest BCUT2D eigenvalue weighted by atomic mass is 9.93. The number of Topliss-reactive ketones (excluding diaryl/α,β-unsaturated/α-hetero) is 1. The Morgan fingerprint density at radius 3 is 2.96 bits per heavy atom. The van der Waals surface area contributed by atoms with E-state index in [9.17, 15) is 4.79 Å². The fourth-order valence-corrected chi connectivity index (χ4v) is 4.05. The molecule has 1 saturated heterocycles. The van der Waals surface area contributed by atoms with Crippen molar-refractivity contribution in [2.24, 2.45) is 5.92 Å². The third-order valence-electron chi connectivity index (χ3n) is 4.62. The van der Waals surface area contributed by atoms with Crippen molar-refractivity contribution in [3.63, 3.8) is 0 Å². The van der Waals surface area contributed by atoms with Gasteiger partial charge in [-0.25, -0.2) is 0 Å². The summed E-state index contributed by atoms with van der Waals surface area (Å²) >= 11 is 1.51. The van der Waals surface area contributed by atoms with Gasteiger partial charge in [0.05, 0.1) is 11.4 Å². The van der Waals surface area contributed by atoms with Gasteiger partial charge in [0.2, 0.25) is 11.7 Å². The summed E-state index contributed by atoms with van der Waals surface area (Å²) < 4.78 is 11.0. The Morgan fingerprint density at radius 2 is 2.15 bits per heavy atom. The average molecular weight is 383 g/mol. The van der Waals surface area contributed by atoms with Gasteiger partial charge in [0.25, 0.3) is 0 Å². The molecule has 6 nitrogen and oxygen atoms in total. The first-order valence-electron chi connectivity index (χ1n) is 9.07. The van der Waals surface area contributed by atoms with Crippen molar-refractivity contribution < 1.29 is 14.1 Å². The maximum Gasteiger partial charge on any atom is 0.240 e. The van der Waals surface area contributed by atoms with Gasteiger partial charge in [-0.1, -0.05) is 29.4 Å². The highest BCUT2D eigenvalue weighted by molar-refractivity contribution is 7.12. The van der Waals surface area contributed by atoms with E-state index in [0.29, 0.717) is 18.3 Å². The van der Waals surface area contributed by atoms with Crippen LogP contribution in [0.3, 0.4) is 0 Å². The molecule has 1 aliphatic rings. The van der Waals surface area contributed by atoms with E-state index in [4.69, 9.17) is 9.26 Å². The smallest absolute Gasteiger partial charge is 0.240 e. The number of thiophene rings is 1. The molecule has 1 aliphatic heterocycles. The van der Waals surface area contributed by atoms with E-state index in [2.05, 4.69) is 15.0 Å². The zero-order chi connectivity index (χ0) is 18.5. The number of hydrogen-bond donors (Lipinski definition) is 0. The molecule has 0 amide bonds. The largest absolute Gasteiger partial charge is 0.485 e. The summed E-state index contributed by atoms with van der Waals surface area (Å²) in [5.74, 6) is 2.15. The molecule has 7 heteroatoms. The Bertz CT molecular complexity index is 864. The van der Waals surface area contributed by atoms with Crippen molar-refractivity contribution in [2.45, 2.75) is 26.0 Å². The van der Waals surface area contributed by atoms with Crippen LogP contribution in [0.5, 0.6) is 5.75 Å². The summed E-state index contributed by atoms with van der Waals surface area (Å²) in [5, 5.41) is 5.94. The van der Waals surface area contributed by atoms with Crippen LogP contribution in [0, 0.1) is 5.92 Å². The van der Waals surface area contributed by atoms with E-state index in [0.717, 1.165) is 36.6 Å². The van der Waals surface area contributed by atoms with Crippen LogP contribution in [0.1, 0.15) is 34.2 Å². The second kappa shape index (κ2) is 8.45. The number of para-hydroxylation sites is 1. The first-order valence-corrected chi connectivity index (χ1v) is 9.95. The van der Waals surface area contributed by atoms with Crippen LogP contribution in [0.15, 0.2) is 52.4 Å². The third-order valence-corrected chi connectivity index (χ3v) is 5.50. The second-order valence-corrected chi connectivity index (χ2v) is 7.57. The molecule has 0 spiro atoms. The minimum atomic E-state index is 0.0428.